The molecule has 3 aromatic rings. The quantitative estimate of drug-likeness (QED) is 0.247. The second-order valence-electron chi connectivity index (χ2n) is 6.57. The van der Waals surface area contributed by atoms with Crippen molar-refractivity contribution in [3.63, 3.8) is 0 Å². The van der Waals surface area contributed by atoms with Gasteiger partial charge in [-0.1, -0.05) is 41.0 Å². The van der Waals surface area contributed by atoms with Crippen molar-refractivity contribution in [2.24, 2.45) is 5.16 Å². The number of hydrogen-bond donors (Lipinski definition) is 0. The smallest absolute Gasteiger partial charge is 0.368 e. The van der Waals surface area contributed by atoms with E-state index >= 15 is 0 Å². The molecule has 4 rings (SSSR count). The number of hydrogen-bond acceptors (Lipinski definition) is 6. The molecular formula is C24H16ClNO5. The van der Waals surface area contributed by atoms with Gasteiger partial charge in [-0.2, -0.15) is 0 Å². The lowest BCUT2D eigenvalue weighted by molar-refractivity contribution is -0.136. The average Bonchev–Trinajstić information content (AvgIpc) is 3.15. The summed E-state index contributed by atoms with van der Waals surface area (Å²) in [5, 5.41) is 4.46. The first kappa shape index (κ1) is 20.4. The molecule has 0 atom stereocenters. The Hall–Kier alpha value is -3.90. The second kappa shape index (κ2) is 8.85. The summed E-state index contributed by atoms with van der Waals surface area (Å²) in [6.45, 7) is 0. The van der Waals surface area contributed by atoms with Gasteiger partial charge in [-0.3, -0.25) is 0 Å². The minimum absolute atomic E-state index is 0.324. The van der Waals surface area contributed by atoms with Gasteiger partial charge in [-0.25, -0.2) is 9.59 Å². The molecule has 0 spiro atoms. The van der Waals surface area contributed by atoms with Gasteiger partial charge in [0, 0.05) is 10.6 Å². The standard InChI is InChI=1S/C24H16ClNO5/c1-29-19-12-6-17(7-13-19)23(27)30-20-10-2-15(3-11-20)14-21-22(26-31-24(21)28)16-4-8-18(25)9-5-16/h2-14H,1H3. The van der Waals surface area contributed by atoms with Crippen LogP contribution in [0.1, 0.15) is 21.5 Å². The van der Waals surface area contributed by atoms with Gasteiger partial charge in [0.15, 0.2) is 0 Å². The molecular weight excluding hydrogens is 418 g/mol. The van der Waals surface area contributed by atoms with Crippen molar-refractivity contribution in [3.8, 4) is 11.5 Å². The van der Waals surface area contributed by atoms with Gasteiger partial charge in [0.25, 0.3) is 0 Å². The first-order valence-electron chi connectivity index (χ1n) is 9.27. The third-order valence-corrected chi connectivity index (χ3v) is 4.79. The fourth-order valence-electron chi connectivity index (χ4n) is 2.92. The summed E-state index contributed by atoms with van der Waals surface area (Å²) in [6, 6.07) is 20.3. The molecule has 0 saturated heterocycles. The largest absolute Gasteiger partial charge is 0.497 e. The number of benzene rings is 3. The van der Waals surface area contributed by atoms with E-state index in [4.69, 9.17) is 25.9 Å². The highest BCUT2D eigenvalue weighted by Crippen LogP contribution is 2.23. The van der Waals surface area contributed by atoms with Crippen LogP contribution in [-0.4, -0.2) is 24.8 Å². The highest BCUT2D eigenvalue weighted by Gasteiger charge is 2.26. The van der Waals surface area contributed by atoms with Crippen molar-refractivity contribution in [2.75, 3.05) is 7.11 Å². The summed E-state index contributed by atoms with van der Waals surface area (Å²) in [4.78, 5) is 29.3. The molecule has 1 aliphatic rings. The third kappa shape index (κ3) is 4.65. The molecule has 0 amide bonds. The molecule has 0 saturated carbocycles. The predicted molar refractivity (Wildman–Crippen MR) is 116 cm³/mol. The van der Waals surface area contributed by atoms with Crippen LogP contribution in [0.25, 0.3) is 6.08 Å². The maximum Gasteiger partial charge on any atom is 0.368 e. The first-order chi connectivity index (χ1) is 15.0. The monoisotopic (exact) mass is 433 g/mol. The number of methoxy groups -OCH3 is 1. The van der Waals surface area contributed by atoms with Gasteiger partial charge in [0.05, 0.1) is 18.2 Å². The summed E-state index contributed by atoms with van der Waals surface area (Å²) in [6.07, 6.45) is 1.66. The number of oxime groups is 1. The fourth-order valence-corrected chi connectivity index (χ4v) is 3.04. The lowest BCUT2D eigenvalue weighted by atomic mass is 10.0. The second-order valence-corrected chi connectivity index (χ2v) is 7.01. The molecule has 3 aromatic carbocycles. The minimum atomic E-state index is -0.542. The predicted octanol–water partition coefficient (Wildman–Crippen LogP) is 4.91. The number of carbonyl (C=O) groups is 2. The molecule has 0 radical (unpaired) electrons. The van der Waals surface area contributed by atoms with E-state index in [0.29, 0.717) is 38.9 Å². The van der Waals surface area contributed by atoms with E-state index < -0.39 is 11.9 Å². The normalized spacial score (nSPS) is 14.2. The molecule has 0 N–H and O–H groups in total. The lowest BCUT2D eigenvalue weighted by Gasteiger charge is -2.06. The Labute approximate surface area is 183 Å². The topological polar surface area (TPSA) is 74.2 Å². The zero-order valence-electron chi connectivity index (χ0n) is 16.4. The molecule has 1 heterocycles. The minimum Gasteiger partial charge on any atom is -0.497 e. The van der Waals surface area contributed by atoms with Crippen LogP contribution in [0.2, 0.25) is 5.02 Å². The van der Waals surface area contributed by atoms with Crippen LogP contribution in [0.5, 0.6) is 11.5 Å². The van der Waals surface area contributed by atoms with Crippen molar-refractivity contribution in [2.45, 2.75) is 0 Å². The molecule has 0 bridgehead atoms. The van der Waals surface area contributed by atoms with Crippen LogP contribution >= 0.6 is 11.6 Å². The summed E-state index contributed by atoms with van der Waals surface area (Å²) >= 11 is 5.92. The number of rotatable bonds is 5. The van der Waals surface area contributed by atoms with Crippen molar-refractivity contribution >= 4 is 35.3 Å². The zero-order chi connectivity index (χ0) is 21.8. The van der Waals surface area contributed by atoms with Crippen molar-refractivity contribution < 1.29 is 23.9 Å². The maximum atomic E-state index is 12.3. The van der Waals surface area contributed by atoms with Gasteiger partial charge >= 0.3 is 11.9 Å². The SMILES string of the molecule is COc1ccc(C(=O)Oc2ccc(C=C3C(=O)ON=C3c3ccc(Cl)cc3)cc2)cc1. The highest BCUT2D eigenvalue weighted by molar-refractivity contribution is 6.32. The van der Waals surface area contributed by atoms with Gasteiger partial charge < -0.3 is 14.3 Å². The van der Waals surface area contributed by atoms with Crippen LogP contribution in [0.15, 0.2) is 83.5 Å². The Kier molecular flexibility index (Phi) is 5.82. The molecule has 0 unspecified atom stereocenters. The Bertz CT molecular complexity index is 1180. The van der Waals surface area contributed by atoms with E-state index in [1.54, 1.807) is 86.0 Å². The van der Waals surface area contributed by atoms with Gasteiger partial charge in [0.1, 0.15) is 17.2 Å². The van der Waals surface area contributed by atoms with E-state index in [9.17, 15) is 9.59 Å². The number of halogens is 1. The van der Waals surface area contributed by atoms with Crippen LogP contribution < -0.4 is 9.47 Å². The van der Waals surface area contributed by atoms with Crippen molar-refractivity contribution in [1.82, 2.24) is 0 Å². The Morgan fingerprint density at radius 2 is 1.58 bits per heavy atom. The Morgan fingerprint density at radius 3 is 2.23 bits per heavy atom. The molecule has 0 aromatic heterocycles. The van der Waals surface area contributed by atoms with Gasteiger partial charge in [-0.15, -0.1) is 0 Å². The molecule has 6 nitrogen and oxygen atoms in total. The molecule has 0 fully saturated rings. The third-order valence-electron chi connectivity index (χ3n) is 4.54. The van der Waals surface area contributed by atoms with Crippen molar-refractivity contribution in [1.29, 1.82) is 0 Å². The highest BCUT2D eigenvalue weighted by atomic mass is 35.5. The van der Waals surface area contributed by atoms with Crippen LogP contribution in [0, 0.1) is 0 Å². The fraction of sp³-hybridized carbons (Fsp3) is 0.0417. The van der Waals surface area contributed by atoms with Crippen LogP contribution in [-0.2, 0) is 9.63 Å². The number of nitrogens with zero attached hydrogens (tertiary/aromatic N) is 1. The zero-order valence-corrected chi connectivity index (χ0v) is 17.1. The maximum absolute atomic E-state index is 12.3. The van der Waals surface area contributed by atoms with Gasteiger partial charge in [-0.05, 0) is 60.2 Å². The van der Waals surface area contributed by atoms with E-state index in [1.165, 1.54) is 0 Å². The Morgan fingerprint density at radius 1 is 0.935 bits per heavy atom. The van der Waals surface area contributed by atoms with E-state index in [-0.39, 0.29) is 0 Å². The molecule has 0 aliphatic carbocycles. The summed E-state index contributed by atoms with van der Waals surface area (Å²) in [5.41, 5.74) is 2.60. The molecule has 7 heteroatoms. The Balaban J connectivity index is 1.50. The molecule has 154 valence electrons. The van der Waals surface area contributed by atoms with E-state index in [0.717, 1.165) is 5.56 Å². The van der Waals surface area contributed by atoms with E-state index in [1.807, 2.05) is 0 Å². The van der Waals surface area contributed by atoms with Crippen molar-refractivity contribution in [3.05, 3.63) is 100 Å². The van der Waals surface area contributed by atoms with Gasteiger partial charge in [0.2, 0.25) is 0 Å². The number of ether oxygens (including phenoxy) is 2. The summed E-state index contributed by atoms with van der Waals surface area (Å²) in [5.74, 6) is 0.00898. The van der Waals surface area contributed by atoms with Crippen LogP contribution in [0.4, 0.5) is 0 Å². The number of carbonyl (C=O) groups excluding carboxylic acids is 2. The summed E-state index contributed by atoms with van der Waals surface area (Å²) < 4.78 is 10.5. The first-order valence-corrected chi connectivity index (χ1v) is 9.65. The van der Waals surface area contributed by atoms with E-state index in [2.05, 4.69) is 5.16 Å². The summed E-state index contributed by atoms with van der Waals surface area (Å²) in [7, 11) is 1.56. The molecule has 31 heavy (non-hydrogen) atoms. The lowest BCUT2D eigenvalue weighted by Crippen LogP contribution is -2.08. The van der Waals surface area contributed by atoms with Crippen LogP contribution in [0.3, 0.4) is 0 Å². The molecule has 1 aliphatic heterocycles. The number of esters is 1. The average molecular weight is 434 g/mol.